The van der Waals surface area contributed by atoms with Gasteiger partial charge in [-0.25, -0.2) is 0 Å². The van der Waals surface area contributed by atoms with E-state index >= 15 is 0 Å². The Labute approximate surface area is 219 Å². The van der Waals surface area contributed by atoms with Crippen LogP contribution in [0.4, 0.5) is 0 Å². The van der Waals surface area contributed by atoms with Crippen LogP contribution in [0.5, 0.6) is 0 Å². The second-order valence-corrected chi connectivity index (χ2v) is 12.6. The van der Waals surface area contributed by atoms with Crippen molar-refractivity contribution in [2.75, 3.05) is 39.0 Å². The van der Waals surface area contributed by atoms with Crippen LogP contribution in [-0.2, 0) is 14.3 Å². The highest BCUT2D eigenvalue weighted by Gasteiger charge is 2.53. The molecule has 3 fully saturated rings. The lowest BCUT2D eigenvalue weighted by Gasteiger charge is -2.31. The number of carbonyl (C=O) groups is 3. The Kier molecular flexibility index (Phi) is 8.47. The fourth-order valence-electron chi connectivity index (χ4n) is 5.79. The Morgan fingerprint density at radius 3 is 2.42 bits per heavy atom. The van der Waals surface area contributed by atoms with E-state index in [2.05, 4.69) is 50.0 Å². The summed E-state index contributed by atoms with van der Waals surface area (Å²) < 4.78 is 5.72. The molecule has 0 bridgehead atoms. The van der Waals surface area contributed by atoms with Crippen molar-refractivity contribution in [1.82, 2.24) is 15.1 Å². The molecule has 3 saturated heterocycles. The zero-order valence-electron chi connectivity index (χ0n) is 22.3. The van der Waals surface area contributed by atoms with Gasteiger partial charge in [-0.2, -0.15) is 11.8 Å². The molecule has 4 atom stereocenters. The van der Waals surface area contributed by atoms with Gasteiger partial charge in [-0.05, 0) is 74.2 Å². The largest absolute Gasteiger partial charge is 0.367 e. The third-order valence-electron chi connectivity index (χ3n) is 7.82. The lowest BCUT2D eigenvalue weighted by Crippen LogP contribution is -2.53. The molecule has 0 radical (unpaired) electrons. The molecule has 1 unspecified atom stereocenters. The molecule has 8 heteroatoms. The van der Waals surface area contributed by atoms with E-state index in [-0.39, 0.29) is 41.0 Å². The SMILES string of the molecule is CCN1CCC(c2ccc(C(=O)NC(CC(C)(C)C)C(=O)N3C[C@H](SC)[C@H]4OCC(=O)[C@H]43)cc2)CC1. The number of hydrogen-bond acceptors (Lipinski definition) is 6. The van der Waals surface area contributed by atoms with Crippen LogP contribution in [0.2, 0.25) is 0 Å². The quantitative estimate of drug-likeness (QED) is 0.600. The molecule has 3 aliphatic rings. The van der Waals surface area contributed by atoms with Gasteiger partial charge in [0.2, 0.25) is 5.91 Å². The van der Waals surface area contributed by atoms with Crippen LogP contribution in [0, 0.1) is 5.41 Å². The highest BCUT2D eigenvalue weighted by molar-refractivity contribution is 7.99. The number of benzene rings is 1. The first-order valence-electron chi connectivity index (χ1n) is 13.2. The molecule has 1 aromatic carbocycles. The molecule has 0 aromatic heterocycles. The standard InChI is InChI=1S/C28H41N3O4S/c1-6-30-13-11-19(12-14-30)18-7-9-20(10-8-18)26(33)29-21(15-28(2,3)4)27(34)31-16-23(36-5)25-24(31)22(32)17-35-25/h7-10,19,21,23-25H,6,11-17H2,1-5H3,(H,29,33)/t21?,23-,24+,25+/m0/s1. The average molecular weight is 516 g/mol. The summed E-state index contributed by atoms with van der Waals surface area (Å²) in [7, 11) is 0. The molecule has 4 rings (SSSR count). The second kappa shape index (κ2) is 11.2. The second-order valence-electron chi connectivity index (χ2n) is 11.6. The van der Waals surface area contributed by atoms with E-state index in [0.29, 0.717) is 24.4 Å². The Balaban J connectivity index is 1.46. The molecule has 0 saturated carbocycles. The molecule has 3 aliphatic heterocycles. The first kappa shape index (κ1) is 27.1. The molecular weight excluding hydrogens is 474 g/mol. The smallest absolute Gasteiger partial charge is 0.251 e. The molecule has 2 amide bonds. The maximum absolute atomic E-state index is 13.7. The number of nitrogens with zero attached hydrogens (tertiary/aromatic N) is 2. The number of likely N-dealkylation sites (tertiary alicyclic amines) is 2. The topological polar surface area (TPSA) is 79.0 Å². The number of Topliss-reactive ketones (excluding diaryl/α,β-unsaturated/α-hetero) is 1. The summed E-state index contributed by atoms with van der Waals surface area (Å²) in [6, 6.07) is 6.62. The number of rotatable bonds is 7. The number of carbonyl (C=O) groups excluding carboxylic acids is 3. The highest BCUT2D eigenvalue weighted by Crippen LogP contribution is 2.35. The molecule has 0 spiro atoms. The van der Waals surface area contributed by atoms with E-state index in [4.69, 9.17) is 4.74 Å². The Morgan fingerprint density at radius 2 is 1.83 bits per heavy atom. The van der Waals surface area contributed by atoms with Crippen molar-refractivity contribution in [3.63, 3.8) is 0 Å². The van der Waals surface area contributed by atoms with Gasteiger partial charge in [-0.3, -0.25) is 14.4 Å². The van der Waals surface area contributed by atoms with Gasteiger partial charge < -0.3 is 19.9 Å². The van der Waals surface area contributed by atoms with E-state index in [1.54, 1.807) is 16.7 Å². The van der Waals surface area contributed by atoms with Crippen molar-refractivity contribution in [3.05, 3.63) is 35.4 Å². The lowest BCUT2D eigenvalue weighted by atomic mass is 9.87. The van der Waals surface area contributed by atoms with Crippen molar-refractivity contribution in [2.45, 2.75) is 76.3 Å². The van der Waals surface area contributed by atoms with Gasteiger partial charge in [0.05, 0.1) is 11.4 Å². The summed E-state index contributed by atoms with van der Waals surface area (Å²) >= 11 is 1.62. The predicted molar refractivity (Wildman–Crippen MR) is 143 cm³/mol. The van der Waals surface area contributed by atoms with Gasteiger partial charge in [0.15, 0.2) is 5.78 Å². The number of amides is 2. The maximum Gasteiger partial charge on any atom is 0.251 e. The summed E-state index contributed by atoms with van der Waals surface area (Å²) in [5.74, 6) is 0.0315. The first-order valence-corrected chi connectivity index (χ1v) is 14.5. The fraction of sp³-hybridized carbons (Fsp3) is 0.679. The van der Waals surface area contributed by atoms with E-state index < -0.39 is 12.1 Å². The molecular formula is C28H41N3O4S. The fourth-order valence-corrected chi connectivity index (χ4v) is 6.60. The molecule has 0 aliphatic carbocycles. The zero-order valence-corrected chi connectivity index (χ0v) is 23.1. The van der Waals surface area contributed by atoms with Crippen LogP contribution in [0.25, 0.3) is 0 Å². The Morgan fingerprint density at radius 1 is 1.17 bits per heavy atom. The molecule has 1 N–H and O–H groups in total. The summed E-state index contributed by atoms with van der Waals surface area (Å²) in [6.07, 6.45) is 4.48. The number of thioether (sulfide) groups is 1. The summed E-state index contributed by atoms with van der Waals surface area (Å²) in [5, 5.41) is 3.07. The third-order valence-corrected chi connectivity index (χ3v) is 8.85. The van der Waals surface area contributed by atoms with Gasteiger partial charge in [0.25, 0.3) is 5.91 Å². The van der Waals surface area contributed by atoms with Crippen LogP contribution in [0.3, 0.4) is 0 Å². The van der Waals surface area contributed by atoms with Gasteiger partial charge in [0, 0.05) is 12.1 Å². The third kappa shape index (κ3) is 5.97. The van der Waals surface area contributed by atoms with E-state index in [1.165, 1.54) is 5.56 Å². The normalized spacial score (nSPS) is 26.2. The van der Waals surface area contributed by atoms with Crippen LogP contribution in [0.15, 0.2) is 24.3 Å². The molecule has 198 valence electrons. The number of ether oxygens (including phenoxy) is 1. The molecule has 36 heavy (non-hydrogen) atoms. The van der Waals surface area contributed by atoms with Crippen molar-refractivity contribution in [3.8, 4) is 0 Å². The van der Waals surface area contributed by atoms with E-state index in [9.17, 15) is 14.4 Å². The Bertz CT molecular complexity index is 953. The van der Waals surface area contributed by atoms with Crippen LogP contribution < -0.4 is 5.32 Å². The molecule has 1 aromatic rings. The summed E-state index contributed by atoms with van der Waals surface area (Å²) in [5.41, 5.74) is 1.65. The van der Waals surface area contributed by atoms with Gasteiger partial charge >= 0.3 is 0 Å². The van der Waals surface area contributed by atoms with E-state index in [0.717, 1.165) is 32.5 Å². The van der Waals surface area contributed by atoms with Crippen LogP contribution in [0.1, 0.15) is 68.8 Å². The van der Waals surface area contributed by atoms with Crippen molar-refractivity contribution >= 4 is 29.4 Å². The van der Waals surface area contributed by atoms with Gasteiger partial charge in [-0.15, -0.1) is 0 Å². The Hall–Kier alpha value is -1.90. The van der Waals surface area contributed by atoms with Crippen LogP contribution >= 0.6 is 11.8 Å². The van der Waals surface area contributed by atoms with Crippen molar-refractivity contribution in [2.24, 2.45) is 5.41 Å². The number of ketones is 1. The minimum atomic E-state index is -0.704. The number of hydrogen-bond donors (Lipinski definition) is 1. The van der Waals surface area contributed by atoms with Crippen LogP contribution in [-0.4, -0.2) is 89.9 Å². The summed E-state index contributed by atoms with van der Waals surface area (Å²) in [6.45, 7) is 12.2. The number of nitrogens with one attached hydrogen (secondary N) is 1. The van der Waals surface area contributed by atoms with Crippen molar-refractivity contribution in [1.29, 1.82) is 0 Å². The minimum absolute atomic E-state index is 0.0499. The highest BCUT2D eigenvalue weighted by atomic mass is 32.2. The van der Waals surface area contributed by atoms with Gasteiger partial charge in [-0.1, -0.05) is 39.8 Å². The average Bonchev–Trinajstić information content (AvgIpc) is 3.43. The van der Waals surface area contributed by atoms with Gasteiger partial charge in [0.1, 0.15) is 18.7 Å². The minimum Gasteiger partial charge on any atom is -0.367 e. The first-order chi connectivity index (χ1) is 17.1. The summed E-state index contributed by atoms with van der Waals surface area (Å²) in [4.78, 5) is 43.7. The van der Waals surface area contributed by atoms with Crippen molar-refractivity contribution < 1.29 is 19.1 Å². The zero-order chi connectivity index (χ0) is 26.0. The number of fused-ring (bicyclic) bond motifs is 1. The predicted octanol–water partition coefficient (Wildman–Crippen LogP) is 3.33. The number of piperidine rings is 1. The maximum atomic E-state index is 13.7. The monoisotopic (exact) mass is 515 g/mol. The molecule has 3 heterocycles. The molecule has 7 nitrogen and oxygen atoms in total. The lowest BCUT2D eigenvalue weighted by molar-refractivity contribution is -0.138. The van der Waals surface area contributed by atoms with E-state index in [1.807, 2.05) is 18.4 Å².